The van der Waals surface area contributed by atoms with Gasteiger partial charge in [-0.2, -0.15) is 0 Å². The largest absolute Gasteiger partial charge is 0.453 e. The fourth-order valence-corrected chi connectivity index (χ4v) is 5.11. The van der Waals surface area contributed by atoms with E-state index in [1.807, 2.05) is 0 Å². The number of carbonyl (C=O) groups excluding carboxylic acids is 1. The number of rotatable bonds is 1. The molecule has 0 unspecified atom stereocenters. The smallest absolute Gasteiger partial charge is 0.410 e. The molecule has 3 aromatic rings. The lowest BCUT2D eigenvalue weighted by Gasteiger charge is -2.29. The first-order valence-electron chi connectivity index (χ1n) is 9.13. The summed E-state index contributed by atoms with van der Waals surface area (Å²) in [5.74, 6) is 0.339. The van der Waals surface area contributed by atoms with Gasteiger partial charge in [-0.3, -0.25) is 4.90 Å². The fraction of sp³-hybridized carbons (Fsp3) is 0.318. The SMILES string of the molecule is COC(=O)N1[C@H](CO)C[C@H]2Cc3ccc4ccc5ccccc5c4c3[C@H]21. The molecule has 3 atom stereocenters. The van der Waals surface area contributed by atoms with Crippen LogP contribution in [0.1, 0.15) is 23.6 Å². The summed E-state index contributed by atoms with van der Waals surface area (Å²) < 4.78 is 5.06. The van der Waals surface area contributed by atoms with Gasteiger partial charge in [0.2, 0.25) is 0 Å². The lowest BCUT2D eigenvalue weighted by Crippen LogP contribution is -2.39. The Morgan fingerprint density at radius 1 is 1.15 bits per heavy atom. The van der Waals surface area contributed by atoms with Crippen LogP contribution in [0.2, 0.25) is 0 Å². The number of hydrogen-bond donors (Lipinski definition) is 1. The molecule has 1 aliphatic heterocycles. The number of carbonyl (C=O) groups is 1. The molecule has 5 rings (SSSR count). The highest BCUT2D eigenvalue weighted by molar-refractivity contribution is 6.10. The molecule has 1 N–H and O–H groups in total. The molecule has 1 saturated heterocycles. The Balaban J connectivity index is 1.80. The molecule has 3 aromatic carbocycles. The van der Waals surface area contributed by atoms with Crippen LogP contribution in [0.3, 0.4) is 0 Å². The first-order chi connectivity index (χ1) is 12.7. The first kappa shape index (κ1) is 15.6. The van der Waals surface area contributed by atoms with Gasteiger partial charge in [0.1, 0.15) is 0 Å². The zero-order valence-electron chi connectivity index (χ0n) is 14.7. The van der Waals surface area contributed by atoms with Crippen molar-refractivity contribution < 1.29 is 14.6 Å². The van der Waals surface area contributed by atoms with Gasteiger partial charge < -0.3 is 9.84 Å². The zero-order chi connectivity index (χ0) is 17.8. The van der Waals surface area contributed by atoms with Gasteiger partial charge in [-0.15, -0.1) is 0 Å². The number of hydrogen-bond acceptors (Lipinski definition) is 3. The molecule has 0 aromatic heterocycles. The summed E-state index contributed by atoms with van der Waals surface area (Å²) in [7, 11) is 1.42. The minimum absolute atomic E-state index is 0.0240. The number of nitrogens with zero attached hydrogens (tertiary/aromatic N) is 1. The second-order valence-corrected chi connectivity index (χ2v) is 7.38. The van der Waals surface area contributed by atoms with E-state index in [0.29, 0.717) is 5.92 Å². The molecule has 0 saturated carbocycles. The second kappa shape index (κ2) is 5.71. The zero-order valence-corrected chi connectivity index (χ0v) is 14.7. The van der Waals surface area contributed by atoms with Gasteiger partial charge in [0.05, 0.1) is 25.8 Å². The third-order valence-corrected chi connectivity index (χ3v) is 6.13. The Kier molecular flexibility index (Phi) is 3.44. The number of benzene rings is 3. The number of likely N-dealkylation sites (tertiary alicyclic amines) is 1. The van der Waals surface area contributed by atoms with Crippen molar-refractivity contribution in [1.29, 1.82) is 0 Å². The molecule has 0 bridgehead atoms. The van der Waals surface area contributed by atoms with Crippen LogP contribution >= 0.6 is 0 Å². The van der Waals surface area contributed by atoms with E-state index in [1.165, 1.54) is 39.8 Å². The maximum absolute atomic E-state index is 12.5. The van der Waals surface area contributed by atoms with Crippen LogP contribution < -0.4 is 0 Å². The van der Waals surface area contributed by atoms with Crippen molar-refractivity contribution >= 4 is 27.6 Å². The predicted molar refractivity (Wildman–Crippen MR) is 101 cm³/mol. The lowest BCUT2D eigenvalue weighted by molar-refractivity contribution is 0.0838. The third-order valence-electron chi connectivity index (χ3n) is 6.13. The molecule has 4 heteroatoms. The summed E-state index contributed by atoms with van der Waals surface area (Å²) in [5, 5.41) is 14.7. The molecular formula is C22H21NO3. The summed E-state index contributed by atoms with van der Waals surface area (Å²) in [6, 6.07) is 16.9. The van der Waals surface area contributed by atoms with Gasteiger partial charge in [-0.05, 0) is 51.4 Å². The Labute approximate surface area is 152 Å². The molecule has 1 heterocycles. The van der Waals surface area contributed by atoms with Gasteiger partial charge in [0, 0.05) is 0 Å². The summed E-state index contributed by atoms with van der Waals surface area (Å²) in [6.07, 6.45) is 1.42. The van der Waals surface area contributed by atoms with Crippen molar-refractivity contribution in [3.05, 3.63) is 59.7 Å². The minimum Gasteiger partial charge on any atom is -0.453 e. The predicted octanol–water partition coefficient (Wildman–Crippen LogP) is 4.04. The van der Waals surface area contributed by atoms with E-state index >= 15 is 0 Å². The Hall–Kier alpha value is -2.59. The molecule has 1 amide bonds. The van der Waals surface area contributed by atoms with Crippen molar-refractivity contribution in [3.8, 4) is 0 Å². The summed E-state index contributed by atoms with van der Waals surface area (Å²) >= 11 is 0. The van der Waals surface area contributed by atoms with Gasteiger partial charge >= 0.3 is 6.09 Å². The maximum atomic E-state index is 12.5. The summed E-state index contributed by atoms with van der Waals surface area (Å²) in [4.78, 5) is 14.3. The molecule has 0 radical (unpaired) electrons. The standard InChI is InChI=1S/C22H21NO3/c1-26-22(25)23-17(12-24)11-16-10-15-9-8-14-7-6-13-4-2-3-5-18(13)19(14)20(15)21(16)23/h2-9,16-17,21,24H,10-12H2,1H3/t16-,17+,21+/m1/s1. The van der Waals surface area contributed by atoms with E-state index in [-0.39, 0.29) is 24.8 Å². The molecular weight excluding hydrogens is 326 g/mol. The topological polar surface area (TPSA) is 49.8 Å². The molecule has 26 heavy (non-hydrogen) atoms. The minimum atomic E-state index is -0.346. The van der Waals surface area contributed by atoms with Crippen molar-refractivity contribution in [2.75, 3.05) is 13.7 Å². The molecule has 4 nitrogen and oxygen atoms in total. The fourth-order valence-electron chi connectivity index (χ4n) is 5.11. The van der Waals surface area contributed by atoms with E-state index < -0.39 is 0 Å². The maximum Gasteiger partial charge on any atom is 0.410 e. The van der Waals surface area contributed by atoms with Crippen LogP contribution in [-0.2, 0) is 11.2 Å². The number of fused-ring (bicyclic) bond motifs is 7. The van der Waals surface area contributed by atoms with E-state index in [0.717, 1.165) is 12.8 Å². The third kappa shape index (κ3) is 2.02. The average Bonchev–Trinajstić information content (AvgIpc) is 3.22. The average molecular weight is 347 g/mol. The van der Waals surface area contributed by atoms with Crippen molar-refractivity contribution in [3.63, 3.8) is 0 Å². The van der Waals surface area contributed by atoms with Crippen LogP contribution in [0, 0.1) is 5.92 Å². The van der Waals surface area contributed by atoms with Crippen molar-refractivity contribution in [2.45, 2.75) is 24.9 Å². The number of aliphatic hydroxyl groups excluding tert-OH is 1. The highest BCUT2D eigenvalue weighted by Crippen LogP contribution is 2.52. The number of methoxy groups -OCH3 is 1. The number of amides is 1. The Bertz CT molecular complexity index is 1030. The van der Waals surface area contributed by atoms with Crippen molar-refractivity contribution in [1.82, 2.24) is 4.90 Å². The highest BCUT2D eigenvalue weighted by atomic mass is 16.5. The van der Waals surface area contributed by atoms with Gasteiger partial charge in [-0.25, -0.2) is 4.79 Å². The van der Waals surface area contributed by atoms with E-state index in [9.17, 15) is 9.90 Å². The molecule has 132 valence electrons. The number of aliphatic hydroxyl groups is 1. The van der Waals surface area contributed by atoms with Gasteiger partial charge in [0.25, 0.3) is 0 Å². The lowest BCUT2D eigenvalue weighted by atomic mass is 9.93. The van der Waals surface area contributed by atoms with Crippen molar-refractivity contribution in [2.24, 2.45) is 5.92 Å². The summed E-state index contributed by atoms with van der Waals surface area (Å²) in [5.41, 5.74) is 2.56. The molecule has 0 spiro atoms. The first-order valence-corrected chi connectivity index (χ1v) is 9.13. The second-order valence-electron chi connectivity index (χ2n) is 7.38. The van der Waals surface area contributed by atoms with Crippen LogP contribution in [0.4, 0.5) is 4.79 Å². The Morgan fingerprint density at radius 3 is 2.73 bits per heavy atom. The Morgan fingerprint density at radius 2 is 1.92 bits per heavy atom. The van der Waals surface area contributed by atoms with Crippen LogP contribution in [-0.4, -0.2) is 35.9 Å². The van der Waals surface area contributed by atoms with Crippen LogP contribution in [0.15, 0.2) is 48.5 Å². The highest BCUT2D eigenvalue weighted by Gasteiger charge is 2.49. The normalized spacial score (nSPS) is 24.1. The monoisotopic (exact) mass is 347 g/mol. The van der Waals surface area contributed by atoms with E-state index in [1.54, 1.807) is 4.90 Å². The number of ether oxygens (including phenoxy) is 1. The quantitative estimate of drug-likeness (QED) is 0.676. The molecule has 2 aliphatic rings. The summed E-state index contributed by atoms with van der Waals surface area (Å²) in [6.45, 7) is -0.0249. The molecule has 1 aliphatic carbocycles. The van der Waals surface area contributed by atoms with Crippen LogP contribution in [0.25, 0.3) is 21.5 Å². The van der Waals surface area contributed by atoms with Crippen LogP contribution in [0.5, 0.6) is 0 Å². The van der Waals surface area contributed by atoms with Gasteiger partial charge in [-0.1, -0.05) is 48.5 Å². The van der Waals surface area contributed by atoms with Gasteiger partial charge in [0.15, 0.2) is 0 Å². The molecule has 1 fully saturated rings. The van der Waals surface area contributed by atoms with E-state index in [2.05, 4.69) is 48.5 Å². The van der Waals surface area contributed by atoms with E-state index in [4.69, 9.17) is 4.74 Å².